The fourth-order valence-electron chi connectivity index (χ4n) is 0.838. The van der Waals surface area contributed by atoms with E-state index in [2.05, 4.69) is 26.6 Å². The first-order chi connectivity index (χ1) is 6.54. The number of carbonyl (C=O) groups is 1. The van der Waals surface area contributed by atoms with Crippen LogP contribution in [0.25, 0.3) is 0 Å². The van der Waals surface area contributed by atoms with Gasteiger partial charge in [0, 0.05) is 11.5 Å². The molecule has 1 aromatic rings. The van der Waals surface area contributed by atoms with Crippen LogP contribution in [0.3, 0.4) is 0 Å². The van der Waals surface area contributed by atoms with Gasteiger partial charge >= 0.3 is 6.03 Å². The maximum atomic E-state index is 11.0. The number of rotatable bonds is 1. The summed E-state index contributed by atoms with van der Waals surface area (Å²) >= 11 is 15.0. The number of nitrogens with one attached hydrogen (secondary N) is 2. The van der Waals surface area contributed by atoms with Crippen molar-refractivity contribution in [1.29, 1.82) is 0 Å². The molecule has 3 nitrogen and oxygen atoms in total. The number of benzene rings is 1. The summed E-state index contributed by atoms with van der Waals surface area (Å²) in [6.07, 6.45) is 0. The van der Waals surface area contributed by atoms with Crippen LogP contribution in [0.1, 0.15) is 0 Å². The lowest BCUT2D eigenvalue weighted by Crippen LogP contribution is -2.24. The fourth-order valence-corrected chi connectivity index (χ4v) is 2.14. The third kappa shape index (κ3) is 2.77. The number of hydrogen-bond acceptors (Lipinski definition) is 1. The Morgan fingerprint density at radius 2 is 1.86 bits per heavy atom. The van der Waals surface area contributed by atoms with E-state index in [9.17, 15) is 4.79 Å². The van der Waals surface area contributed by atoms with Crippen LogP contribution in [-0.2, 0) is 0 Å². The number of amides is 2. The molecular weight excluding hydrogens is 291 g/mol. The minimum absolute atomic E-state index is 0.365. The van der Waals surface area contributed by atoms with Gasteiger partial charge < -0.3 is 10.6 Å². The zero-order valence-corrected chi connectivity index (χ0v) is 10.3. The molecule has 0 aromatic heterocycles. The minimum Gasteiger partial charge on any atom is -0.341 e. The van der Waals surface area contributed by atoms with Gasteiger partial charge in [-0.1, -0.05) is 39.1 Å². The average molecular weight is 298 g/mol. The molecular formula is C8H7BrCl2N2O. The summed E-state index contributed by atoms with van der Waals surface area (Å²) in [5, 5.41) is 5.69. The van der Waals surface area contributed by atoms with Gasteiger partial charge in [-0.2, -0.15) is 0 Å². The van der Waals surface area contributed by atoms with Gasteiger partial charge in [0.15, 0.2) is 0 Å². The first kappa shape index (κ1) is 11.6. The smallest absolute Gasteiger partial charge is 0.319 e. The van der Waals surface area contributed by atoms with Crippen LogP contribution < -0.4 is 10.6 Å². The van der Waals surface area contributed by atoms with Crippen LogP contribution in [-0.4, -0.2) is 13.1 Å². The predicted molar refractivity (Wildman–Crippen MR) is 62.2 cm³/mol. The quantitative estimate of drug-likeness (QED) is 0.818. The van der Waals surface area contributed by atoms with Crippen molar-refractivity contribution in [2.45, 2.75) is 0 Å². The Bertz CT molecular complexity index is 347. The van der Waals surface area contributed by atoms with Crippen molar-refractivity contribution in [3.63, 3.8) is 0 Å². The van der Waals surface area contributed by atoms with Crippen LogP contribution in [0, 0.1) is 0 Å². The second kappa shape index (κ2) is 4.87. The lowest BCUT2D eigenvalue weighted by atomic mass is 10.3. The molecule has 0 aliphatic carbocycles. The molecule has 0 aliphatic rings. The van der Waals surface area contributed by atoms with Gasteiger partial charge in [0.05, 0.1) is 15.7 Å². The summed E-state index contributed by atoms with van der Waals surface area (Å²) in [6, 6.07) is 2.94. The Hall–Kier alpha value is -0.450. The van der Waals surface area contributed by atoms with E-state index in [1.165, 1.54) is 7.05 Å². The van der Waals surface area contributed by atoms with Crippen LogP contribution in [0.2, 0.25) is 10.0 Å². The van der Waals surface area contributed by atoms with Crippen molar-refractivity contribution < 1.29 is 4.79 Å². The van der Waals surface area contributed by atoms with E-state index in [1.807, 2.05) is 0 Å². The highest BCUT2D eigenvalue weighted by Gasteiger charge is 2.09. The van der Waals surface area contributed by atoms with Gasteiger partial charge in [-0.3, -0.25) is 0 Å². The molecule has 0 unspecified atom stereocenters. The Balaban J connectivity index is 3.02. The van der Waals surface area contributed by atoms with Crippen molar-refractivity contribution in [1.82, 2.24) is 5.32 Å². The van der Waals surface area contributed by atoms with E-state index in [1.54, 1.807) is 12.1 Å². The first-order valence-corrected chi connectivity index (χ1v) is 5.22. The zero-order valence-electron chi connectivity index (χ0n) is 7.20. The number of anilines is 1. The molecule has 2 amide bonds. The molecule has 0 heterocycles. The summed E-state index contributed by atoms with van der Waals surface area (Å²) < 4.78 is 0.759. The highest BCUT2D eigenvalue weighted by atomic mass is 79.9. The van der Waals surface area contributed by atoms with Crippen molar-refractivity contribution >= 4 is 50.9 Å². The number of carbonyl (C=O) groups excluding carboxylic acids is 1. The Labute approximate surface area is 99.9 Å². The van der Waals surface area contributed by atoms with E-state index < -0.39 is 0 Å². The molecule has 0 spiro atoms. The van der Waals surface area contributed by atoms with Gasteiger partial charge in [0.1, 0.15) is 0 Å². The van der Waals surface area contributed by atoms with E-state index in [0.717, 1.165) is 4.47 Å². The summed E-state index contributed by atoms with van der Waals surface area (Å²) in [7, 11) is 1.51. The third-order valence-electron chi connectivity index (χ3n) is 1.47. The fraction of sp³-hybridized carbons (Fsp3) is 0.125. The predicted octanol–water partition coefficient (Wildman–Crippen LogP) is 3.51. The van der Waals surface area contributed by atoms with Gasteiger partial charge in [-0.05, 0) is 12.1 Å². The first-order valence-electron chi connectivity index (χ1n) is 3.68. The summed E-state index contributed by atoms with van der Waals surface area (Å²) in [6.45, 7) is 0. The molecule has 0 aliphatic heterocycles. The highest BCUT2D eigenvalue weighted by Crippen LogP contribution is 2.33. The zero-order chi connectivity index (χ0) is 10.7. The lowest BCUT2D eigenvalue weighted by Gasteiger charge is -2.08. The molecule has 0 saturated carbocycles. The number of halogens is 3. The molecule has 0 fully saturated rings. The summed E-state index contributed by atoms with van der Waals surface area (Å²) in [5.74, 6) is 0. The third-order valence-corrected chi connectivity index (χ3v) is 2.53. The van der Waals surface area contributed by atoms with Crippen molar-refractivity contribution in [2.24, 2.45) is 0 Å². The second-order valence-corrected chi connectivity index (χ2v) is 4.18. The molecule has 14 heavy (non-hydrogen) atoms. The van der Waals surface area contributed by atoms with Crippen molar-refractivity contribution in [2.75, 3.05) is 12.4 Å². The topological polar surface area (TPSA) is 41.1 Å². The summed E-state index contributed by atoms with van der Waals surface area (Å²) in [4.78, 5) is 11.0. The highest BCUT2D eigenvalue weighted by molar-refractivity contribution is 9.10. The van der Waals surface area contributed by atoms with Gasteiger partial charge in [0.2, 0.25) is 0 Å². The molecule has 6 heteroatoms. The molecule has 0 atom stereocenters. The van der Waals surface area contributed by atoms with Gasteiger partial charge in [-0.15, -0.1) is 0 Å². The van der Waals surface area contributed by atoms with E-state index in [0.29, 0.717) is 15.7 Å². The SMILES string of the molecule is CNC(=O)Nc1c(Cl)cc(Br)cc1Cl. The van der Waals surface area contributed by atoms with Crippen LogP contribution in [0.15, 0.2) is 16.6 Å². The molecule has 0 radical (unpaired) electrons. The van der Waals surface area contributed by atoms with Crippen LogP contribution in [0.5, 0.6) is 0 Å². The molecule has 0 bridgehead atoms. The Morgan fingerprint density at radius 3 is 2.29 bits per heavy atom. The average Bonchev–Trinajstić information content (AvgIpc) is 2.10. The maximum Gasteiger partial charge on any atom is 0.319 e. The van der Waals surface area contributed by atoms with Gasteiger partial charge in [0.25, 0.3) is 0 Å². The Morgan fingerprint density at radius 1 is 1.36 bits per heavy atom. The standard InChI is InChI=1S/C8H7BrCl2N2O/c1-12-8(14)13-7-5(10)2-4(9)3-6(7)11/h2-3H,1H3,(H2,12,13,14). The molecule has 76 valence electrons. The Kier molecular flexibility index (Phi) is 4.04. The number of hydrogen-bond donors (Lipinski definition) is 2. The van der Waals surface area contributed by atoms with E-state index in [4.69, 9.17) is 23.2 Å². The monoisotopic (exact) mass is 296 g/mol. The second-order valence-electron chi connectivity index (χ2n) is 2.45. The molecule has 0 saturated heterocycles. The van der Waals surface area contributed by atoms with E-state index >= 15 is 0 Å². The largest absolute Gasteiger partial charge is 0.341 e. The lowest BCUT2D eigenvalue weighted by molar-refractivity contribution is 0.254. The molecule has 2 N–H and O–H groups in total. The number of urea groups is 1. The molecule has 1 aromatic carbocycles. The summed E-state index contributed by atoms with van der Waals surface area (Å²) in [5.41, 5.74) is 0.399. The normalized spacial score (nSPS) is 9.71. The van der Waals surface area contributed by atoms with Crippen molar-refractivity contribution in [3.05, 3.63) is 26.7 Å². The maximum absolute atomic E-state index is 11.0. The van der Waals surface area contributed by atoms with Gasteiger partial charge in [-0.25, -0.2) is 4.79 Å². The van der Waals surface area contributed by atoms with Crippen LogP contribution >= 0.6 is 39.1 Å². The minimum atomic E-state index is -0.365. The van der Waals surface area contributed by atoms with Crippen molar-refractivity contribution in [3.8, 4) is 0 Å². The van der Waals surface area contributed by atoms with Crippen LogP contribution in [0.4, 0.5) is 10.5 Å². The van der Waals surface area contributed by atoms with E-state index in [-0.39, 0.29) is 6.03 Å². The molecule has 1 rings (SSSR count).